The van der Waals surface area contributed by atoms with Crippen molar-refractivity contribution in [1.29, 1.82) is 0 Å². The quantitative estimate of drug-likeness (QED) is 0.765. The van der Waals surface area contributed by atoms with Crippen LogP contribution >= 0.6 is 27.5 Å². The van der Waals surface area contributed by atoms with Gasteiger partial charge in [0, 0.05) is 16.0 Å². The Bertz CT molecular complexity index is 520. The molecule has 0 unspecified atom stereocenters. The SMILES string of the molecule is Cc1ncn(-c2ccc(Cl)cc2CBr)c1C. The number of imidazole rings is 1. The van der Waals surface area contributed by atoms with Crippen molar-refractivity contribution in [2.45, 2.75) is 19.2 Å². The predicted molar refractivity (Wildman–Crippen MR) is 70.7 cm³/mol. The van der Waals surface area contributed by atoms with Crippen molar-refractivity contribution in [3.63, 3.8) is 0 Å². The van der Waals surface area contributed by atoms with Crippen molar-refractivity contribution >= 4 is 27.5 Å². The predicted octanol–water partition coefficient (Wildman–Crippen LogP) is 4.04. The Balaban J connectivity index is 2.59. The summed E-state index contributed by atoms with van der Waals surface area (Å²) in [5.74, 6) is 0. The molecule has 16 heavy (non-hydrogen) atoms. The molecular formula is C12H12BrClN2. The third-order valence-electron chi connectivity index (χ3n) is 2.70. The summed E-state index contributed by atoms with van der Waals surface area (Å²) < 4.78 is 2.09. The zero-order valence-electron chi connectivity index (χ0n) is 9.17. The minimum atomic E-state index is 0.757. The van der Waals surface area contributed by atoms with E-state index in [1.165, 1.54) is 0 Å². The lowest BCUT2D eigenvalue weighted by Crippen LogP contribution is -1.99. The van der Waals surface area contributed by atoms with Crippen LogP contribution < -0.4 is 0 Å². The fourth-order valence-corrected chi connectivity index (χ4v) is 2.28. The maximum absolute atomic E-state index is 5.98. The molecule has 0 amide bonds. The Morgan fingerprint density at radius 1 is 1.38 bits per heavy atom. The van der Waals surface area contributed by atoms with E-state index in [0.29, 0.717) is 0 Å². The summed E-state index contributed by atoms with van der Waals surface area (Å²) in [6.07, 6.45) is 1.85. The second-order valence-electron chi connectivity index (χ2n) is 3.69. The Labute approximate surface area is 108 Å². The van der Waals surface area contributed by atoms with E-state index in [1.54, 1.807) is 0 Å². The Morgan fingerprint density at radius 2 is 2.12 bits per heavy atom. The lowest BCUT2D eigenvalue weighted by molar-refractivity contribution is 0.986. The molecule has 0 fully saturated rings. The number of aryl methyl sites for hydroxylation is 1. The van der Waals surface area contributed by atoms with E-state index in [2.05, 4.69) is 32.4 Å². The van der Waals surface area contributed by atoms with Gasteiger partial charge in [-0.1, -0.05) is 27.5 Å². The molecule has 1 aromatic carbocycles. The molecule has 0 aliphatic carbocycles. The van der Waals surface area contributed by atoms with Gasteiger partial charge in [-0.3, -0.25) is 0 Å². The van der Waals surface area contributed by atoms with Crippen molar-refractivity contribution in [3.8, 4) is 5.69 Å². The average molecular weight is 300 g/mol. The first-order valence-electron chi connectivity index (χ1n) is 4.99. The molecule has 0 radical (unpaired) electrons. The molecule has 2 rings (SSSR count). The van der Waals surface area contributed by atoms with E-state index in [1.807, 2.05) is 31.5 Å². The summed E-state index contributed by atoms with van der Waals surface area (Å²) >= 11 is 9.46. The molecule has 0 saturated carbocycles. The van der Waals surface area contributed by atoms with Crippen LogP contribution in [0, 0.1) is 13.8 Å². The highest BCUT2D eigenvalue weighted by molar-refractivity contribution is 9.08. The molecule has 4 heteroatoms. The van der Waals surface area contributed by atoms with Gasteiger partial charge >= 0.3 is 0 Å². The average Bonchev–Trinajstić information content (AvgIpc) is 2.60. The molecule has 0 bridgehead atoms. The first kappa shape index (κ1) is 11.7. The topological polar surface area (TPSA) is 17.8 Å². The standard InChI is InChI=1S/C12H12BrClN2/c1-8-9(2)16(7-15-8)12-4-3-11(14)5-10(12)6-13/h3-5,7H,6H2,1-2H3. The first-order chi connectivity index (χ1) is 7.63. The normalized spacial score (nSPS) is 10.8. The van der Waals surface area contributed by atoms with Crippen LogP contribution in [0.2, 0.25) is 5.02 Å². The highest BCUT2D eigenvalue weighted by Gasteiger charge is 2.08. The first-order valence-corrected chi connectivity index (χ1v) is 6.48. The molecule has 1 aromatic heterocycles. The van der Waals surface area contributed by atoms with Crippen LogP contribution in [0.25, 0.3) is 5.69 Å². The number of halogens is 2. The van der Waals surface area contributed by atoms with E-state index in [-0.39, 0.29) is 0 Å². The van der Waals surface area contributed by atoms with Gasteiger partial charge in [0.1, 0.15) is 0 Å². The van der Waals surface area contributed by atoms with Crippen LogP contribution in [0.1, 0.15) is 17.0 Å². The molecule has 2 aromatic rings. The lowest BCUT2D eigenvalue weighted by atomic mass is 10.2. The number of hydrogen-bond acceptors (Lipinski definition) is 1. The van der Waals surface area contributed by atoms with E-state index in [4.69, 9.17) is 11.6 Å². The highest BCUT2D eigenvalue weighted by atomic mass is 79.9. The summed E-state index contributed by atoms with van der Waals surface area (Å²) in [6, 6.07) is 5.89. The molecular weight excluding hydrogens is 288 g/mol. The van der Waals surface area contributed by atoms with Gasteiger partial charge in [-0.05, 0) is 37.6 Å². The number of nitrogens with zero attached hydrogens (tertiary/aromatic N) is 2. The molecule has 0 spiro atoms. The minimum absolute atomic E-state index is 0.757. The Kier molecular flexibility index (Phi) is 3.36. The zero-order chi connectivity index (χ0) is 11.7. The Hall–Kier alpha value is -0.800. The maximum Gasteiger partial charge on any atom is 0.0997 e. The second-order valence-corrected chi connectivity index (χ2v) is 4.69. The third kappa shape index (κ3) is 2.02. The van der Waals surface area contributed by atoms with Gasteiger partial charge in [-0.25, -0.2) is 4.98 Å². The van der Waals surface area contributed by atoms with E-state index < -0.39 is 0 Å². The fraction of sp³-hybridized carbons (Fsp3) is 0.250. The van der Waals surface area contributed by atoms with Gasteiger partial charge in [0.25, 0.3) is 0 Å². The molecule has 1 heterocycles. The van der Waals surface area contributed by atoms with Crippen molar-refractivity contribution < 1.29 is 0 Å². The van der Waals surface area contributed by atoms with Crippen LogP contribution in [0.3, 0.4) is 0 Å². The molecule has 84 valence electrons. The van der Waals surface area contributed by atoms with Crippen molar-refractivity contribution in [2.24, 2.45) is 0 Å². The van der Waals surface area contributed by atoms with Gasteiger partial charge in [0.2, 0.25) is 0 Å². The molecule has 0 N–H and O–H groups in total. The number of benzene rings is 1. The number of rotatable bonds is 2. The monoisotopic (exact) mass is 298 g/mol. The number of alkyl halides is 1. The van der Waals surface area contributed by atoms with Crippen LogP contribution in [-0.4, -0.2) is 9.55 Å². The summed E-state index contributed by atoms with van der Waals surface area (Å²) in [5.41, 5.74) is 4.49. The fourth-order valence-electron chi connectivity index (χ4n) is 1.64. The molecule has 0 aliphatic heterocycles. The summed E-state index contributed by atoms with van der Waals surface area (Å²) in [7, 11) is 0. The van der Waals surface area contributed by atoms with E-state index >= 15 is 0 Å². The summed E-state index contributed by atoms with van der Waals surface area (Å²) in [5, 5.41) is 1.53. The molecule has 0 atom stereocenters. The number of aromatic nitrogens is 2. The van der Waals surface area contributed by atoms with Gasteiger partial charge in [-0.15, -0.1) is 0 Å². The smallest absolute Gasteiger partial charge is 0.0997 e. The van der Waals surface area contributed by atoms with Crippen LogP contribution in [0.5, 0.6) is 0 Å². The third-order valence-corrected chi connectivity index (χ3v) is 3.54. The molecule has 0 aliphatic rings. The van der Waals surface area contributed by atoms with Crippen LogP contribution in [-0.2, 0) is 5.33 Å². The highest BCUT2D eigenvalue weighted by Crippen LogP contribution is 2.23. The lowest BCUT2D eigenvalue weighted by Gasteiger charge is -2.10. The minimum Gasteiger partial charge on any atom is -0.303 e. The van der Waals surface area contributed by atoms with Crippen LogP contribution in [0.4, 0.5) is 0 Å². The zero-order valence-corrected chi connectivity index (χ0v) is 11.5. The molecule has 2 nitrogen and oxygen atoms in total. The van der Waals surface area contributed by atoms with Gasteiger partial charge < -0.3 is 4.57 Å². The molecule has 0 saturated heterocycles. The van der Waals surface area contributed by atoms with Crippen molar-refractivity contribution in [2.75, 3.05) is 0 Å². The number of hydrogen-bond donors (Lipinski definition) is 0. The van der Waals surface area contributed by atoms with E-state index in [0.717, 1.165) is 33.0 Å². The van der Waals surface area contributed by atoms with Crippen molar-refractivity contribution in [3.05, 3.63) is 46.5 Å². The van der Waals surface area contributed by atoms with Gasteiger partial charge in [0.15, 0.2) is 0 Å². The largest absolute Gasteiger partial charge is 0.303 e. The van der Waals surface area contributed by atoms with Crippen LogP contribution in [0.15, 0.2) is 24.5 Å². The van der Waals surface area contributed by atoms with Gasteiger partial charge in [0.05, 0.1) is 17.7 Å². The summed E-state index contributed by atoms with van der Waals surface area (Å²) in [4.78, 5) is 4.31. The Morgan fingerprint density at radius 3 is 2.69 bits per heavy atom. The van der Waals surface area contributed by atoms with Gasteiger partial charge in [-0.2, -0.15) is 0 Å². The van der Waals surface area contributed by atoms with E-state index in [9.17, 15) is 0 Å². The summed E-state index contributed by atoms with van der Waals surface area (Å²) in [6.45, 7) is 4.07. The van der Waals surface area contributed by atoms with Crippen molar-refractivity contribution in [1.82, 2.24) is 9.55 Å². The maximum atomic E-state index is 5.98. The second kappa shape index (κ2) is 4.60.